The van der Waals surface area contributed by atoms with Gasteiger partial charge in [-0.3, -0.25) is 0 Å². The molecule has 0 radical (unpaired) electrons. The maximum absolute atomic E-state index is 12.6. The van der Waals surface area contributed by atoms with Crippen LogP contribution in [0.25, 0.3) is 11.3 Å². The zero-order valence-corrected chi connectivity index (χ0v) is 17.9. The van der Waals surface area contributed by atoms with Gasteiger partial charge in [-0.25, -0.2) is 4.79 Å². The van der Waals surface area contributed by atoms with E-state index in [9.17, 15) is 4.79 Å². The van der Waals surface area contributed by atoms with Crippen molar-refractivity contribution < 1.29 is 9.53 Å². The number of methoxy groups -OCH3 is 1. The molecule has 0 bridgehead atoms. The molecule has 7 nitrogen and oxygen atoms in total. The summed E-state index contributed by atoms with van der Waals surface area (Å²) in [6.45, 7) is 4.84. The van der Waals surface area contributed by atoms with Crippen LogP contribution in [-0.2, 0) is 6.42 Å². The van der Waals surface area contributed by atoms with Gasteiger partial charge in [0.15, 0.2) is 5.82 Å². The Morgan fingerprint density at radius 1 is 0.935 bits per heavy atom. The van der Waals surface area contributed by atoms with Gasteiger partial charge in [-0.05, 0) is 60.5 Å². The molecule has 2 aromatic carbocycles. The van der Waals surface area contributed by atoms with Gasteiger partial charge >= 0.3 is 6.03 Å². The minimum Gasteiger partial charge on any atom is -0.497 e. The molecule has 31 heavy (non-hydrogen) atoms. The van der Waals surface area contributed by atoms with E-state index in [0.717, 1.165) is 48.0 Å². The number of carbonyl (C=O) groups is 1. The smallest absolute Gasteiger partial charge is 0.321 e. The summed E-state index contributed by atoms with van der Waals surface area (Å²) in [5, 5.41) is 11.8. The third-order valence-electron chi connectivity index (χ3n) is 5.54. The highest BCUT2D eigenvalue weighted by Gasteiger charge is 2.22. The van der Waals surface area contributed by atoms with Gasteiger partial charge < -0.3 is 19.9 Å². The van der Waals surface area contributed by atoms with Crippen LogP contribution in [0.15, 0.2) is 60.7 Å². The Morgan fingerprint density at radius 3 is 2.23 bits per heavy atom. The van der Waals surface area contributed by atoms with Gasteiger partial charge in [0.1, 0.15) is 5.75 Å². The van der Waals surface area contributed by atoms with E-state index < -0.39 is 0 Å². The van der Waals surface area contributed by atoms with Crippen LogP contribution < -0.4 is 15.0 Å². The van der Waals surface area contributed by atoms with Crippen LogP contribution in [0, 0.1) is 0 Å². The maximum atomic E-state index is 12.6. The summed E-state index contributed by atoms with van der Waals surface area (Å²) in [6, 6.07) is 19.6. The minimum absolute atomic E-state index is 0.0650. The Balaban J connectivity index is 1.32. The number of rotatable bonds is 5. The number of ether oxygens (including phenoxy) is 1. The number of aryl methyl sites for hydroxylation is 1. The van der Waals surface area contributed by atoms with Crippen LogP contribution in [0.1, 0.15) is 12.5 Å². The van der Waals surface area contributed by atoms with E-state index in [-0.39, 0.29) is 6.03 Å². The van der Waals surface area contributed by atoms with E-state index in [0.29, 0.717) is 13.1 Å². The largest absolute Gasteiger partial charge is 0.497 e. The van der Waals surface area contributed by atoms with Crippen molar-refractivity contribution in [2.45, 2.75) is 13.3 Å². The van der Waals surface area contributed by atoms with Crippen molar-refractivity contribution in [3.63, 3.8) is 0 Å². The zero-order chi connectivity index (χ0) is 21.6. The van der Waals surface area contributed by atoms with E-state index in [4.69, 9.17) is 4.74 Å². The number of aromatic nitrogens is 2. The quantitative estimate of drug-likeness (QED) is 0.678. The number of benzene rings is 2. The first kappa shape index (κ1) is 20.7. The number of urea groups is 1. The van der Waals surface area contributed by atoms with Crippen molar-refractivity contribution in [2.75, 3.05) is 43.5 Å². The fourth-order valence-electron chi connectivity index (χ4n) is 3.57. The Hall–Kier alpha value is -3.61. The molecule has 1 aliphatic rings. The summed E-state index contributed by atoms with van der Waals surface area (Å²) >= 11 is 0. The van der Waals surface area contributed by atoms with Crippen molar-refractivity contribution in [2.24, 2.45) is 0 Å². The van der Waals surface area contributed by atoms with Crippen molar-refractivity contribution in [3.05, 3.63) is 66.2 Å². The second-order valence-corrected chi connectivity index (χ2v) is 7.46. The van der Waals surface area contributed by atoms with E-state index in [1.165, 1.54) is 5.56 Å². The van der Waals surface area contributed by atoms with Gasteiger partial charge in [-0.1, -0.05) is 19.1 Å². The highest BCUT2D eigenvalue weighted by molar-refractivity contribution is 5.89. The number of hydrogen-bond acceptors (Lipinski definition) is 5. The number of anilines is 2. The summed E-state index contributed by atoms with van der Waals surface area (Å²) in [5.41, 5.74) is 3.89. The van der Waals surface area contributed by atoms with Gasteiger partial charge in [0, 0.05) is 37.4 Å². The molecule has 1 aromatic heterocycles. The third kappa shape index (κ3) is 4.94. The summed E-state index contributed by atoms with van der Waals surface area (Å²) in [6.07, 6.45) is 0.986. The zero-order valence-electron chi connectivity index (χ0n) is 17.9. The Labute approximate surface area is 182 Å². The predicted octanol–water partition coefficient (Wildman–Crippen LogP) is 4.07. The Bertz CT molecular complexity index is 996. The molecule has 0 aliphatic carbocycles. The highest BCUT2D eigenvalue weighted by atomic mass is 16.5. The molecule has 1 N–H and O–H groups in total. The lowest BCUT2D eigenvalue weighted by Crippen LogP contribution is -2.50. The monoisotopic (exact) mass is 417 g/mol. The number of nitrogens with one attached hydrogen (secondary N) is 1. The Kier molecular flexibility index (Phi) is 6.31. The fraction of sp³-hybridized carbons (Fsp3) is 0.292. The molecule has 2 heterocycles. The fourth-order valence-corrected chi connectivity index (χ4v) is 3.57. The standard InChI is InChI=1S/C24H27N5O2/c1-3-18-4-8-20(9-5-18)25-24(30)29-16-14-28(15-17-29)23-13-12-22(26-27-23)19-6-10-21(31-2)11-7-19/h4-13H,3,14-17H2,1-2H3,(H,25,30). The molecule has 0 atom stereocenters. The molecule has 3 aromatic rings. The third-order valence-corrected chi connectivity index (χ3v) is 5.54. The topological polar surface area (TPSA) is 70.6 Å². The molecular weight excluding hydrogens is 390 g/mol. The van der Waals surface area contributed by atoms with E-state index in [1.807, 2.05) is 65.6 Å². The van der Waals surface area contributed by atoms with Crippen molar-refractivity contribution in [1.29, 1.82) is 0 Å². The van der Waals surface area contributed by atoms with E-state index in [2.05, 4.69) is 27.3 Å². The molecule has 4 rings (SSSR count). The van der Waals surface area contributed by atoms with Crippen LogP contribution in [0.4, 0.5) is 16.3 Å². The molecule has 0 unspecified atom stereocenters. The first-order valence-electron chi connectivity index (χ1n) is 10.5. The molecule has 0 saturated carbocycles. The van der Waals surface area contributed by atoms with Crippen LogP contribution >= 0.6 is 0 Å². The second-order valence-electron chi connectivity index (χ2n) is 7.46. The molecule has 160 valence electrons. The van der Waals surface area contributed by atoms with Crippen molar-refractivity contribution >= 4 is 17.5 Å². The lowest BCUT2D eigenvalue weighted by Gasteiger charge is -2.35. The maximum Gasteiger partial charge on any atom is 0.321 e. The summed E-state index contributed by atoms with van der Waals surface area (Å²) in [5.74, 6) is 1.64. The minimum atomic E-state index is -0.0650. The van der Waals surface area contributed by atoms with Crippen molar-refractivity contribution in [1.82, 2.24) is 15.1 Å². The molecule has 1 fully saturated rings. The van der Waals surface area contributed by atoms with Gasteiger partial charge in [0.25, 0.3) is 0 Å². The molecule has 1 saturated heterocycles. The van der Waals surface area contributed by atoms with Gasteiger partial charge in [-0.15, -0.1) is 10.2 Å². The number of hydrogen-bond donors (Lipinski definition) is 1. The van der Waals surface area contributed by atoms with Crippen molar-refractivity contribution in [3.8, 4) is 17.0 Å². The average Bonchev–Trinajstić information content (AvgIpc) is 2.85. The van der Waals surface area contributed by atoms with Gasteiger partial charge in [0.2, 0.25) is 0 Å². The van der Waals surface area contributed by atoms with Crippen LogP contribution in [0.3, 0.4) is 0 Å². The lowest BCUT2D eigenvalue weighted by atomic mass is 10.1. The average molecular weight is 418 g/mol. The molecule has 7 heteroatoms. The Morgan fingerprint density at radius 2 is 1.65 bits per heavy atom. The lowest BCUT2D eigenvalue weighted by molar-refractivity contribution is 0.208. The first-order chi connectivity index (χ1) is 15.2. The molecular formula is C24H27N5O2. The summed E-state index contributed by atoms with van der Waals surface area (Å²) in [7, 11) is 1.65. The number of nitrogens with zero attached hydrogens (tertiary/aromatic N) is 4. The second kappa shape index (κ2) is 9.47. The molecule has 0 spiro atoms. The normalized spacial score (nSPS) is 13.7. The molecule has 2 amide bonds. The van der Waals surface area contributed by atoms with Gasteiger partial charge in [0.05, 0.1) is 12.8 Å². The number of carbonyl (C=O) groups excluding carboxylic acids is 1. The summed E-state index contributed by atoms with van der Waals surface area (Å²) < 4.78 is 5.20. The van der Waals surface area contributed by atoms with Gasteiger partial charge in [-0.2, -0.15) is 0 Å². The first-order valence-corrected chi connectivity index (χ1v) is 10.5. The van der Waals surface area contributed by atoms with Crippen LogP contribution in [0.5, 0.6) is 5.75 Å². The van der Waals surface area contributed by atoms with Crippen LogP contribution in [-0.4, -0.2) is 54.4 Å². The highest BCUT2D eigenvalue weighted by Crippen LogP contribution is 2.22. The SMILES string of the molecule is CCc1ccc(NC(=O)N2CCN(c3ccc(-c4ccc(OC)cc4)nn3)CC2)cc1. The van der Waals surface area contributed by atoms with Crippen LogP contribution in [0.2, 0.25) is 0 Å². The number of piperazine rings is 1. The summed E-state index contributed by atoms with van der Waals surface area (Å²) in [4.78, 5) is 16.6. The number of amides is 2. The predicted molar refractivity (Wildman–Crippen MR) is 123 cm³/mol. The van der Waals surface area contributed by atoms with E-state index >= 15 is 0 Å². The van der Waals surface area contributed by atoms with E-state index in [1.54, 1.807) is 7.11 Å². The molecule has 1 aliphatic heterocycles.